The lowest BCUT2D eigenvalue weighted by molar-refractivity contribution is -0.127. The monoisotopic (exact) mass is 344 g/mol. The molecule has 2 aromatic carbocycles. The second kappa shape index (κ2) is 8.49. The summed E-state index contributed by atoms with van der Waals surface area (Å²) in [6.07, 6.45) is 5.56. The van der Waals surface area contributed by atoms with Gasteiger partial charge in [-0.15, -0.1) is 0 Å². The van der Waals surface area contributed by atoms with Crippen LogP contribution in [-0.2, 0) is 11.2 Å². The molecule has 0 atom stereocenters. The number of carbonyl (C=O) groups excluding carboxylic acids is 1. The summed E-state index contributed by atoms with van der Waals surface area (Å²) in [7, 11) is 0. The van der Waals surface area contributed by atoms with Gasteiger partial charge in [0.1, 0.15) is 0 Å². The van der Waals surface area contributed by atoms with Crippen molar-refractivity contribution >= 4 is 5.91 Å². The zero-order valence-corrected chi connectivity index (χ0v) is 15.0. The number of nitrogens with zero attached hydrogens (tertiary/aromatic N) is 2. The van der Waals surface area contributed by atoms with E-state index in [2.05, 4.69) is 30.8 Å². The molecule has 132 valence electrons. The van der Waals surface area contributed by atoms with Gasteiger partial charge in [0, 0.05) is 13.1 Å². The summed E-state index contributed by atoms with van der Waals surface area (Å²) in [6.45, 7) is 5.21. The van der Waals surface area contributed by atoms with Crippen LogP contribution in [0.25, 0.3) is 11.1 Å². The molecule has 0 unspecified atom stereocenters. The van der Waals surface area contributed by atoms with Crippen LogP contribution in [-0.4, -0.2) is 23.9 Å². The van der Waals surface area contributed by atoms with Gasteiger partial charge in [-0.3, -0.25) is 4.79 Å². The fraction of sp³-hybridized carbons (Fsp3) is 0.304. The fourth-order valence-electron chi connectivity index (χ4n) is 3.64. The van der Waals surface area contributed by atoms with Gasteiger partial charge in [-0.05, 0) is 66.5 Å². The van der Waals surface area contributed by atoms with Crippen molar-refractivity contribution in [1.82, 2.24) is 4.90 Å². The van der Waals surface area contributed by atoms with Gasteiger partial charge in [-0.25, -0.2) is 0 Å². The van der Waals surface area contributed by atoms with E-state index in [-0.39, 0.29) is 5.91 Å². The molecule has 0 spiro atoms. The molecular formula is C23H24N2O. The van der Waals surface area contributed by atoms with Gasteiger partial charge in [-0.2, -0.15) is 5.26 Å². The van der Waals surface area contributed by atoms with Crippen LogP contribution in [0.15, 0.2) is 61.2 Å². The summed E-state index contributed by atoms with van der Waals surface area (Å²) >= 11 is 0. The van der Waals surface area contributed by atoms with Gasteiger partial charge in [0.25, 0.3) is 0 Å². The number of rotatable bonds is 5. The molecule has 3 rings (SSSR count). The molecule has 1 saturated heterocycles. The third kappa shape index (κ3) is 4.40. The predicted molar refractivity (Wildman–Crippen MR) is 104 cm³/mol. The number of aryl methyl sites for hydroxylation is 1. The van der Waals surface area contributed by atoms with Crippen molar-refractivity contribution in [1.29, 1.82) is 5.26 Å². The van der Waals surface area contributed by atoms with E-state index in [1.54, 1.807) is 0 Å². The first kappa shape index (κ1) is 17.9. The van der Waals surface area contributed by atoms with Crippen LogP contribution in [0.3, 0.4) is 0 Å². The number of likely N-dealkylation sites (tertiary alicyclic amines) is 1. The topological polar surface area (TPSA) is 44.1 Å². The minimum atomic E-state index is 0.0395. The molecule has 0 aliphatic carbocycles. The summed E-state index contributed by atoms with van der Waals surface area (Å²) < 4.78 is 0. The van der Waals surface area contributed by atoms with Crippen molar-refractivity contribution in [2.75, 3.05) is 13.1 Å². The summed E-state index contributed by atoms with van der Waals surface area (Å²) in [5, 5.41) is 9.36. The molecule has 3 heteroatoms. The third-order valence-corrected chi connectivity index (χ3v) is 5.17. The lowest BCUT2D eigenvalue weighted by Crippen LogP contribution is -2.37. The number of amides is 1. The molecule has 2 aromatic rings. The Morgan fingerprint density at radius 2 is 1.88 bits per heavy atom. The molecule has 3 nitrogen and oxygen atoms in total. The molecule has 0 bridgehead atoms. The molecule has 26 heavy (non-hydrogen) atoms. The fourth-order valence-corrected chi connectivity index (χ4v) is 3.64. The summed E-state index contributed by atoms with van der Waals surface area (Å²) in [6, 6.07) is 18.6. The van der Waals surface area contributed by atoms with Crippen LogP contribution in [0.5, 0.6) is 0 Å². The number of piperidine rings is 1. The van der Waals surface area contributed by atoms with Crippen molar-refractivity contribution in [2.24, 2.45) is 5.92 Å². The van der Waals surface area contributed by atoms with Crippen LogP contribution in [0, 0.1) is 17.2 Å². The molecule has 1 fully saturated rings. The highest BCUT2D eigenvalue weighted by Crippen LogP contribution is 2.26. The summed E-state index contributed by atoms with van der Waals surface area (Å²) in [4.78, 5) is 13.6. The average molecular weight is 344 g/mol. The summed E-state index contributed by atoms with van der Waals surface area (Å²) in [5.41, 5.74) is 4.17. The standard InChI is InChI=1S/C23H24N2O/c1-2-23(26)25-12-10-18(11-13-25)8-9-19-14-20(17-24)16-22(15-19)21-6-4-3-5-7-21/h2-7,14-16,18H,1,8-13H2. The Labute approximate surface area is 155 Å². The number of benzene rings is 2. The first-order chi connectivity index (χ1) is 12.7. The quantitative estimate of drug-likeness (QED) is 0.745. The van der Waals surface area contributed by atoms with Crippen molar-refractivity contribution in [3.8, 4) is 17.2 Å². The van der Waals surface area contributed by atoms with E-state index in [0.717, 1.165) is 49.9 Å². The van der Waals surface area contributed by atoms with Crippen LogP contribution in [0.2, 0.25) is 0 Å². The van der Waals surface area contributed by atoms with Gasteiger partial charge in [0.05, 0.1) is 11.6 Å². The van der Waals surface area contributed by atoms with Crippen LogP contribution in [0.1, 0.15) is 30.4 Å². The minimum absolute atomic E-state index is 0.0395. The Bertz CT molecular complexity index is 812. The Kier molecular flexibility index (Phi) is 5.86. The second-order valence-corrected chi connectivity index (χ2v) is 6.91. The number of hydrogen-bond acceptors (Lipinski definition) is 2. The molecule has 0 aromatic heterocycles. The first-order valence-corrected chi connectivity index (χ1v) is 9.20. The van der Waals surface area contributed by atoms with E-state index < -0.39 is 0 Å². The van der Waals surface area contributed by atoms with E-state index in [4.69, 9.17) is 0 Å². The van der Waals surface area contributed by atoms with E-state index >= 15 is 0 Å². The molecule has 1 aliphatic heterocycles. The number of carbonyl (C=O) groups is 1. The number of hydrogen-bond donors (Lipinski definition) is 0. The van der Waals surface area contributed by atoms with Gasteiger partial charge in [0.2, 0.25) is 5.91 Å². The van der Waals surface area contributed by atoms with E-state index in [1.165, 1.54) is 11.6 Å². The van der Waals surface area contributed by atoms with E-state index in [0.29, 0.717) is 11.5 Å². The summed E-state index contributed by atoms with van der Waals surface area (Å²) in [5.74, 6) is 0.674. The van der Waals surface area contributed by atoms with Gasteiger partial charge < -0.3 is 4.90 Å². The van der Waals surface area contributed by atoms with Crippen LogP contribution >= 0.6 is 0 Å². The SMILES string of the molecule is C=CC(=O)N1CCC(CCc2cc(C#N)cc(-c3ccccc3)c2)CC1. The number of nitriles is 1. The zero-order chi connectivity index (χ0) is 18.4. The average Bonchev–Trinajstić information content (AvgIpc) is 2.72. The largest absolute Gasteiger partial charge is 0.339 e. The Balaban J connectivity index is 1.64. The zero-order valence-electron chi connectivity index (χ0n) is 15.0. The molecule has 1 aliphatic rings. The molecule has 1 amide bonds. The Hall–Kier alpha value is -2.86. The van der Waals surface area contributed by atoms with Crippen molar-refractivity contribution < 1.29 is 4.79 Å². The van der Waals surface area contributed by atoms with Crippen molar-refractivity contribution in [3.63, 3.8) is 0 Å². The van der Waals surface area contributed by atoms with Gasteiger partial charge in [0.15, 0.2) is 0 Å². The first-order valence-electron chi connectivity index (χ1n) is 9.20. The maximum atomic E-state index is 11.7. The van der Waals surface area contributed by atoms with Crippen LogP contribution < -0.4 is 0 Å². The molecule has 0 N–H and O–H groups in total. The lowest BCUT2D eigenvalue weighted by Gasteiger charge is -2.31. The normalized spacial score (nSPS) is 14.7. The van der Waals surface area contributed by atoms with Gasteiger partial charge >= 0.3 is 0 Å². The highest BCUT2D eigenvalue weighted by Gasteiger charge is 2.21. The smallest absolute Gasteiger partial charge is 0.245 e. The highest BCUT2D eigenvalue weighted by atomic mass is 16.2. The molecule has 0 radical (unpaired) electrons. The molecular weight excluding hydrogens is 320 g/mol. The maximum absolute atomic E-state index is 11.7. The maximum Gasteiger partial charge on any atom is 0.245 e. The highest BCUT2D eigenvalue weighted by molar-refractivity contribution is 5.87. The van der Waals surface area contributed by atoms with Crippen molar-refractivity contribution in [3.05, 3.63) is 72.3 Å². The third-order valence-electron chi connectivity index (χ3n) is 5.17. The minimum Gasteiger partial charge on any atom is -0.339 e. The molecule has 1 heterocycles. The van der Waals surface area contributed by atoms with E-state index in [1.807, 2.05) is 35.2 Å². The Morgan fingerprint density at radius 3 is 2.54 bits per heavy atom. The van der Waals surface area contributed by atoms with Crippen LogP contribution in [0.4, 0.5) is 0 Å². The van der Waals surface area contributed by atoms with Crippen molar-refractivity contribution in [2.45, 2.75) is 25.7 Å². The van der Waals surface area contributed by atoms with E-state index in [9.17, 15) is 10.1 Å². The predicted octanol–water partition coefficient (Wildman–Crippen LogP) is 4.58. The molecule has 0 saturated carbocycles. The van der Waals surface area contributed by atoms with Gasteiger partial charge in [-0.1, -0.05) is 43.0 Å². The lowest BCUT2D eigenvalue weighted by atomic mass is 9.89. The Morgan fingerprint density at radius 1 is 1.15 bits per heavy atom. The second-order valence-electron chi connectivity index (χ2n) is 6.91.